The van der Waals surface area contributed by atoms with Crippen molar-refractivity contribution in [3.63, 3.8) is 0 Å². The van der Waals surface area contributed by atoms with Crippen LogP contribution in [0.2, 0.25) is 0 Å². The molecule has 1 saturated carbocycles. The minimum atomic E-state index is 0.454. The Labute approximate surface area is 115 Å². The lowest BCUT2D eigenvalue weighted by Crippen LogP contribution is -2.41. The molecule has 3 fully saturated rings. The predicted molar refractivity (Wildman–Crippen MR) is 75.8 cm³/mol. The summed E-state index contributed by atoms with van der Waals surface area (Å²) < 4.78 is 6.28. The van der Waals surface area contributed by atoms with Crippen LogP contribution in [-0.2, 0) is 11.3 Å². The average Bonchev–Trinajstić information content (AvgIpc) is 3.02. The van der Waals surface area contributed by atoms with E-state index in [9.17, 15) is 0 Å². The summed E-state index contributed by atoms with van der Waals surface area (Å²) >= 11 is 0. The Kier molecular flexibility index (Phi) is 2.71. The smallest absolute Gasteiger partial charge is 0.0752 e. The van der Waals surface area contributed by atoms with Gasteiger partial charge in [0.05, 0.1) is 12.7 Å². The molecular weight excluding hydrogens is 234 g/mol. The molecule has 3 aliphatic rings. The van der Waals surface area contributed by atoms with Gasteiger partial charge in [0.2, 0.25) is 0 Å². The second-order valence-electron chi connectivity index (χ2n) is 6.68. The Bertz CT molecular complexity index is 460. The molecule has 2 heterocycles. The van der Waals surface area contributed by atoms with E-state index >= 15 is 0 Å². The second-order valence-corrected chi connectivity index (χ2v) is 6.68. The van der Waals surface area contributed by atoms with Crippen molar-refractivity contribution in [2.24, 2.45) is 11.8 Å². The zero-order chi connectivity index (χ0) is 12.9. The molecule has 4 rings (SSSR count). The number of benzene rings is 1. The largest absolute Gasteiger partial charge is 0.372 e. The van der Waals surface area contributed by atoms with Crippen LogP contribution in [0, 0.1) is 11.8 Å². The fraction of sp³-hybridized carbons (Fsp3) is 0.647. The number of rotatable bonds is 3. The third-order valence-corrected chi connectivity index (χ3v) is 5.99. The summed E-state index contributed by atoms with van der Waals surface area (Å²) in [7, 11) is 0. The van der Waals surface area contributed by atoms with E-state index in [1.54, 1.807) is 0 Å². The number of ether oxygens (including phenoxy) is 1. The van der Waals surface area contributed by atoms with Gasteiger partial charge in [0, 0.05) is 18.0 Å². The average molecular weight is 257 g/mol. The topological polar surface area (TPSA) is 12.5 Å². The fourth-order valence-corrected chi connectivity index (χ4v) is 4.89. The molecule has 1 aromatic rings. The minimum absolute atomic E-state index is 0.454. The molecule has 0 unspecified atom stereocenters. The van der Waals surface area contributed by atoms with E-state index in [1.165, 1.54) is 31.4 Å². The molecule has 4 atom stereocenters. The van der Waals surface area contributed by atoms with Gasteiger partial charge >= 0.3 is 0 Å². The second kappa shape index (κ2) is 4.32. The lowest BCUT2D eigenvalue weighted by Gasteiger charge is -2.32. The van der Waals surface area contributed by atoms with Crippen molar-refractivity contribution in [3.8, 4) is 0 Å². The number of hydrogen-bond donors (Lipinski definition) is 0. The Morgan fingerprint density at radius 2 is 2.05 bits per heavy atom. The Morgan fingerprint density at radius 3 is 2.89 bits per heavy atom. The summed E-state index contributed by atoms with van der Waals surface area (Å²) in [5.41, 5.74) is 1.76. The van der Waals surface area contributed by atoms with Crippen LogP contribution in [0.4, 0.5) is 0 Å². The van der Waals surface area contributed by atoms with Crippen molar-refractivity contribution in [1.82, 2.24) is 4.90 Å². The van der Waals surface area contributed by atoms with Gasteiger partial charge in [-0.1, -0.05) is 30.3 Å². The maximum Gasteiger partial charge on any atom is 0.0752 e. The maximum absolute atomic E-state index is 6.28. The first-order valence-corrected chi connectivity index (χ1v) is 7.69. The summed E-state index contributed by atoms with van der Waals surface area (Å²) in [6, 6.07) is 10.6. The van der Waals surface area contributed by atoms with Crippen LogP contribution in [0.3, 0.4) is 0 Å². The third-order valence-electron chi connectivity index (χ3n) is 5.99. The van der Waals surface area contributed by atoms with Gasteiger partial charge in [-0.05, 0) is 44.2 Å². The molecule has 0 bridgehead atoms. The highest BCUT2D eigenvalue weighted by atomic mass is 16.5. The number of hydrogen-bond acceptors (Lipinski definition) is 2. The van der Waals surface area contributed by atoms with E-state index in [0.717, 1.165) is 25.0 Å². The molecule has 19 heavy (non-hydrogen) atoms. The van der Waals surface area contributed by atoms with Crippen molar-refractivity contribution < 1.29 is 4.74 Å². The van der Waals surface area contributed by atoms with Crippen LogP contribution in [0.5, 0.6) is 0 Å². The van der Waals surface area contributed by atoms with Gasteiger partial charge in [0.1, 0.15) is 0 Å². The SMILES string of the molecule is C[C@@]12[C@H]3CC[C@@H]1[C@@H](OCc1ccccc1)CN2CC3. The van der Waals surface area contributed by atoms with Crippen molar-refractivity contribution in [3.05, 3.63) is 35.9 Å². The fourth-order valence-electron chi connectivity index (χ4n) is 4.89. The van der Waals surface area contributed by atoms with E-state index in [4.69, 9.17) is 4.74 Å². The van der Waals surface area contributed by atoms with E-state index in [2.05, 4.69) is 42.2 Å². The van der Waals surface area contributed by atoms with Crippen LogP contribution < -0.4 is 0 Å². The molecule has 2 nitrogen and oxygen atoms in total. The van der Waals surface area contributed by atoms with E-state index < -0.39 is 0 Å². The summed E-state index contributed by atoms with van der Waals surface area (Å²) in [5.74, 6) is 1.70. The zero-order valence-corrected chi connectivity index (χ0v) is 11.7. The van der Waals surface area contributed by atoms with Crippen molar-refractivity contribution in [2.75, 3.05) is 13.1 Å². The lowest BCUT2D eigenvalue weighted by molar-refractivity contribution is 0.0168. The third kappa shape index (κ3) is 1.70. The molecule has 102 valence electrons. The van der Waals surface area contributed by atoms with Crippen LogP contribution in [-0.4, -0.2) is 29.6 Å². The summed E-state index contributed by atoms with van der Waals surface area (Å²) in [5, 5.41) is 0. The standard InChI is InChI=1S/C17H23NO/c1-17-14-7-8-15(17)16(11-18(17)10-9-14)19-12-13-5-3-2-4-6-13/h2-6,14-16H,7-12H2,1H3/t14-,15+,16-,17+/m0/s1. The molecule has 2 saturated heterocycles. The van der Waals surface area contributed by atoms with E-state index in [-0.39, 0.29) is 0 Å². The first-order chi connectivity index (χ1) is 9.28. The molecular formula is C17H23NO. The summed E-state index contributed by atoms with van der Waals surface area (Å²) in [4.78, 5) is 2.71. The number of nitrogens with zero attached hydrogens (tertiary/aromatic N) is 1. The Balaban J connectivity index is 1.47. The van der Waals surface area contributed by atoms with Crippen LogP contribution in [0.1, 0.15) is 31.7 Å². The van der Waals surface area contributed by atoms with Gasteiger partial charge in [-0.25, -0.2) is 0 Å². The first-order valence-electron chi connectivity index (χ1n) is 7.69. The Morgan fingerprint density at radius 1 is 1.21 bits per heavy atom. The van der Waals surface area contributed by atoms with Crippen LogP contribution >= 0.6 is 0 Å². The van der Waals surface area contributed by atoms with Crippen LogP contribution in [0.25, 0.3) is 0 Å². The quantitative estimate of drug-likeness (QED) is 0.825. The van der Waals surface area contributed by atoms with Gasteiger partial charge in [0.25, 0.3) is 0 Å². The van der Waals surface area contributed by atoms with E-state index in [1.807, 2.05) is 0 Å². The minimum Gasteiger partial charge on any atom is -0.372 e. The summed E-state index contributed by atoms with van der Waals surface area (Å²) in [6.07, 6.45) is 4.66. The molecule has 0 amide bonds. The highest BCUT2D eigenvalue weighted by molar-refractivity contribution is 5.16. The maximum atomic E-state index is 6.28. The highest BCUT2D eigenvalue weighted by Gasteiger charge is 2.60. The van der Waals surface area contributed by atoms with Crippen molar-refractivity contribution in [2.45, 2.75) is 44.4 Å². The highest BCUT2D eigenvalue weighted by Crippen LogP contribution is 2.56. The lowest BCUT2D eigenvalue weighted by atomic mass is 9.84. The molecule has 1 aromatic carbocycles. The Hall–Kier alpha value is -0.860. The molecule has 0 aromatic heterocycles. The zero-order valence-electron chi connectivity index (χ0n) is 11.7. The van der Waals surface area contributed by atoms with Gasteiger partial charge in [0.15, 0.2) is 0 Å². The van der Waals surface area contributed by atoms with Crippen LogP contribution in [0.15, 0.2) is 30.3 Å². The van der Waals surface area contributed by atoms with Gasteiger partial charge in [-0.2, -0.15) is 0 Å². The monoisotopic (exact) mass is 257 g/mol. The van der Waals surface area contributed by atoms with Gasteiger partial charge in [-0.3, -0.25) is 4.90 Å². The van der Waals surface area contributed by atoms with Gasteiger partial charge < -0.3 is 4.74 Å². The molecule has 2 heteroatoms. The molecule has 0 spiro atoms. The van der Waals surface area contributed by atoms with Crippen molar-refractivity contribution >= 4 is 0 Å². The normalized spacial score (nSPS) is 40.8. The van der Waals surface area contributed by atoms with E-state index in [0.29, 0.717) is 11.6 Å². The van der Waals surface area contributed by atoms with Gasteiger partial charge in [-0.15, -0.1) is 0 Å². The molecule has 2 aliphatic heterocycles. The first kappa shape index (κ1) is 11.9. The predicted octanol–water partition coefficient (Wildman–Crippen LogP) is 3.08. The van der Waals surface area contributed by atoms with Crippen molar-refractivity contribution in [1.29, 1.82) is 0 Å². The molecule has 0 radical (unpaired) electrons. The summed E-state index contributed by atoms with van der Waals surface area (Å²) in [6.45, 7) is 5.72. The molecule has 0 N–H and O–H groups in total. The molecule has 1 aliphatic carbocycles.